The first-order valence-electron chi connectivity index (χ1n) is 6.35. The molecule has 0 unspecified atom stereocenters. The maximum absolute atomic E-state index is 13.7. The van der Waals surface area contributed by atoms with E-state index in [1.807, 2.05) is 6.07 Å². The number of pyridine rings is 1. The van der Waals surface area contributed by atoms with Crippen LogP contribution in [-0.4, -0.2) is 10.9 Å². The van der Waals surface area contributed by atoms with Crippen molar-refractivity contribution in [3.8, 4) is 0 Å². The average molecular weight is 281 g/mol. The molecule has 3 rings (SSSR count). The van der Waals surface area contributed by atoms with Crippen molar-refractivity contribution < 1.29 is 9.18 Å². The maximum atomic E-state index is 13.7. The lowest BCUT2D eigenvalue weighted by Gasteiger charge is -2.09. The molecule has 0 atom stereocenters. The number of anilines is 2. The van der Waals surface area contributed by atoms with Crippen molar-refractivity contribution in [3.63, 3.8) is 0 Å². The average Bonchev–Trinajstić information content (AvgIpc) is 2.50. The van der Waals surface area contributed by atoms with Crippen molar-refractivity contribution in [2.45, 2.75) is 0 Å². The van der Waals surface area contributed by atoms with Gasteiger partial charge in [0.25, 0.3) is 5.91 Å². The van der Waals surface area contributed by atoms with E-state index in [1.165, 1.54) is 18.2 Å². The molecule has 0 aliphatic carbocycles. The standard InChI is InChI=1S/C16H12FN3O/c17-12-4-1-5-13(18)15(12)20-16(21)11-6-7-14-10(9-11)3-2-8-19-14/h1-9H,18H2,(H,20,21). The Morgan fingerprint density at radius 3 is 2.81 bits per heavy atom. The molecule has 1 heterocycles. The fraction of sp³-hybridized carbons (Fsp3) is 0. The summed E-state index contributed by atoms with van der Waals surface area (Å²) in [5, 5.41) is 3.34. The zero-order valence-corrected chi connectivity index (χ0v) is 11.0. The smallest absolute Gasteiger partial charge is 0.255 e. The monoisotopic (exact) mass is 281 g/mol. The molecular formula is C16H12FN3O. The van der Waals surface area contributed by atoms with Gasteiger partial charge in [0, 0.05) is 17.1 Å². The van der Waals surface area contributed by atoms with Crippen molar-refractivity contribution >= 4 is 28.2 Å². The van der Waals surface area contributed by atoms with Crippen molar-refractivity contribution in [3.05, 3.63) is 66.1 Å². The van der Waals surface area contributed by atoms with Gasteiger partial charge in [-0.15, -0.1) is 0 Å². The van der Waals surface area contributed by atoms with E-state index in [0.29, 0.717) is 5.56 Å². The maximum Gasteiger partial charge on any atom is 0.255 e. The number of nitrogens with zero attached hydrogens (tertiary/aromatic N) is 1. The van der Waals surface area contributed by atoms with Gasteiger partial charge in [-0.3, -0.25) is 9.78 Å². The second-order valence-corrected chi connectivity index (χ2v) is 4.57. The fourth-order valence-corrected chi connectivity index (χ4v) is 2.08. The fourth-order valence-electron chi connectivity index (χ4n) is 2.08. The highest BCUT2D eigenvalue weighted by Crippen LogP contribution is 2.23. The predicted molar refractivity (Wildman–Crippen MR) is 80.5 cm³/mol. The lowest BCUT2D eigenvalue weighted by atomic mass is 10.1. The molecule has 0 fully saturated rings. The van der Waals surface area contributed by atoms with E-state index in [-0.39, 0.29) is 11.4 Å². The summed E-state index contributed by atoms with van der Waals surface area (Å²) in [6.07, 6.45) is 1.68. The van der Waals surface area contributed by atoms with Gasteiger partial charge in [0.15, 0.2) is 0 Å². The number of fused-ring (bicyclic) bond motifs is 1. The third-order valence-corrected chi connectivity index (χ3v) is 3.15. The number of amides is 1. The first-order chi connectivity index (χ1) is 10.1. The number of nitrogens with two attached hydrogens (primary N) is 1. The van der Waals surface area contributed by atoms with Crippen LogP contribution in [0.4, 0.5) is 15.8 Å². The number of nitrogen functional groups attached to an aromatic ring is 1. The first-order valence-corrected chi connectivity index (χ1v) is 6.35. The highest BCUT2D eigenvalue weighted by molar-refractivity contribution is 6.07. The third kappa shape index (κ3) is 2.53. The zero-order valence-electron chi connectivity index (χ0n) is 11.0. The number of halogens is 1. The summed E-state index contributed by atoms with van der Waals surface area (Å²) in [7, 11) is 0. The molecule has 0 aliphatic heterocycles. The minimum absolute atomic E-state index is 0.00576. The Kier molecular flexibility index (Phi) is 3.23. The highest BCUT2D eigenvalue weighted by Gasteiger charge is 2.12. The summed E-state index contributed by atoms with van der Waals surface area (Å²) in [6.45, 7) is 0. The molecule has 3 N–H and O–H groups in total. The number of nitrogens with one attached hydrogen (secondary N) is 1. The minimum Gasteiger partial charge on any atom is -0.397 e. The van der Waals surface area contributed by atoms with E-state index >= 15 is 0 Å². The Morgan fingerprint density at radius 2 is 2.00 bits per heavy atom. The second-order valence-electron chi connectivity index (χ2n) is 4.57. The summed E-state index contributed by atoms with van der Waals surface area (Å²) >= 11 is 0. The first kappa shape index (κ1) is 13.1. The number of para-hydroxylation sites is 1. The van der Waals surface area contributed by atoms with E-state index < -0.39 is 11.7 Å². The molecule has 0 aliphatic rings. The topological polar surface area (TPSA) is 68.0 Å². The van der Waals surface area contributed by atoms with E-state index in [4.69, 9.17) is 5.73 Å². The lowest BCUT2D eigenvalue weighted by Crippen LogP contribution is -2.14. The number of benzene rings is 2. The van der Waals surface area contributed by atoms with Crippen LogP contribution in [-0.2, 0) is 0 Å². The molecule has 4 nitrogen and oxygen atoms in total. The number of rotatable bonds is 2. The summed E-state index contributed by atoms with van der Waals surface area (Å²) < 4.78 is 13.7. The Bertz CT molecular complexity index is 812. The molecule has 1 aromatic heterocycles. The minimum atomic E-state index is -0.564. The SMILES string of the molecule is Nc1cccc(F)c1NC(=O)c1ccc2ncccc2c1. The molecule has 0 radical (unpaired) electrons. The highest BCUT2D eigenvalue weighted by atomic mass is 19.1. The molecular weight excluding hydrogens is 269 g/mol. The third-order valence-electron chi connectivity index (χ3n) is 3.15. The molecule has 0 saturated heterocycles. The van der Waals surface area contributed by atoms with Gasteiger partial charge in [-0.05, 0) is 36.4 Å². The van der Waals surface area contributed by atoms with E-state index in [1.54, 1.807) is 30.5 Å². The Morgan fingerprint density at radius 1 is 1.14 bits per heavy atom. The molecule has 0 spiro atoms. The van der Waals surface area contributed by atoms with Gasteiger partial charge in [0.05, 0.1) is 11.2 Å². The second kappa shape index (κ2) is 5.20. The van der Waals surface area contributed by atoms with Crippen molar-refractivity contribution in [1.29, 1.82) is 0 Å². The molecule has 3 aromatic rings. The molecule has 1 amide bonds. The zero-order chi connectivity index (χ0) is 14.8. The normalized spacial score (nSPS) is 10.5. The molecule has 104 valence electrons. The van der Waals surface area contributed by atoms with Gasteiger partial charge < -0.3 is 11.1 Å². The van der Waals surface area contributed by atoms with E-state index in [2.05, 4.69) is 10.3 Å². The van der Waals surface area contributed by atoms with Crippen LogP contribution in [0.1, 0.15) is 10.4 Å². The van der Waals surface area contributed by atoms with E-state index in [0.717, 1.165) is 10.9 Å². The largest absolute Gasteiger partial charge is 0.397 e. The van der Waals surface area contributed by atoms with Crippen molar-refractivity contribution in [2.24, 2.45) is 0 Å². The van der Waals surface area contributed by atoms with Crippen LogP contribution in [0.3, 0.4) is 0 Å². The number of carbonyl (C=O) groups is 1. The lowest BCUT2D eigenvalue weighted by molar-refractivity contribution is 0.102. The van der Waals surface area contributed by atoms with Gasteiger partial charge in [0.2, 0.25) is 0 Å². The van der Waals surface area contributed by atoms with Crippen molar-refractivity contribution in [2.75, 3.05) is 11.1 Å². The van der Waals surface area contributed by atoms with Crippen LogP contribution in [0.2, 0.25) is 0 Å². The van der Waals surface area contributed by atoms with Crippen LogP contribution in [0, 0.1) is 5.82 Å². The van der Waals surface area contributed by atoms with Gasteiger partial charge in [-0.1, -0.05) is 12.1 Å². The van der Waals surface area contributed by atoms with Gasteiger partial charge in [0.1, 0.15) is 11.5 Å². The molecule has 2 aromatic carbocycles. The van der Waals surface area contributed by atoms with Crippen LogP contribution in [0.25, 0.3) is 10.9 Å². The van der Waals surface area contributed by atoms with Crippen LogP contribution >= 0.6 is 0 Å². The van der Waals surface area contributed by atoms with Gasteiger partial charge >= 0.3 is 0 Å². The number of hydrogen-bond donors (Lipinski definition) is 2. The summed E-state index contributed by atoms with van der Waals surface area (Å²) in [4.78, 5) is 16.4. The van der Waals surface area contributed by atoms with Crippen molar-refractivity contribution in [1.82, 2.24) is 4.98 Å². The predicted octanol–water partition coefficient (Wildman–Crippen LogP) is 3.21. The number of carbonyl (C=O) groups excluding carboxylic acids is 1. The van der Waals surface area contributed by atoms with E-state index in [9.17, 15) is 9.18 Å². The number of aromatic nitrogens is 1. The van der Waals surface area contributed by atoms with Crippen LogP contribution in [0.15, 0.2) is 54.7 Å². The molecule has 5 heteroatoms. The quantitative estimate of drug-likeness (QED) is 0.709. The molecule has 21 heavy (non-hydrogen) atoms. The Labute approximate surface area is 120 Å². The molecule has 0 saturated carbocycles. The molecule has 0 bridgehead atoms. The number of hydrogen-bond acceptors (Lipinski definition) is 3. The van der Waals surface area contributed by atoms with Gasteiger partial charge in [-0.2, -0.15) is 0 Å². The van der Waals surface area contributed by atoms with Crippen LogP contribution < -0.4 is 11.1 Å². The summed E-state index contributed by atoms with van der Waals surface area (Å²) in [5.74, 6) is -0.983. The summed E-state index contributed by atoms with van der Waals surface area (Å²) in [5.41, 5.74) is 7.06. The Hall–Kier alpha value is -2.95. The van der Waals surface area contributed by atoms with Gasteiger partial charge in [-0.25, -0.2) is 4.39 Å². The van der Waals surface area contributed by atoms with Crippen LogP contribution in [0.5, 0.6) is 0 Å². The summed E-state index contributed by atoms with van der Waals surface area (Å²) in [6, 6.07) is 13.0. The Balaban J connectivity index is 1.94.